The van der Waals surface area contributed by atoms with E-state index in [1.807, 2.05) is 20.8 Å². The van der Waals surface area contributed by atoms with Gasteiger partial charge in [-0.05, 0) is 0 Å². The van der Waals surface area contributed by atoms with Crippen molar-refractivity contribution in [2.75, 3.05) is 5.32 Å². The molecule has 16 heavy (non-hydrogen) atoms. The van der Waals surface area contributed by atoms with Gasteiger partial charge in [-0.3, -0.25) is 9.59 Å². The molecule has 5 nitrogen and oxygen atoms in total. The summed E-state index contributed by atoms with van der Waals surface area (Å²) < 4.78 is 0. The summed E-state index contributed by atoms with van der Waals surface area (Å²) in [6.07, 6.45) is 0.0991. The first-order chi connectivity index (χ1) is 7.29. The van der Waals surface area contributed by atoms with Gasteiger partial charge in [-0.15, -0.1) is 11.3 Å². The number of amides is 2. The molecule has 6 heteroatoms. The number of thiazole rings is 1. The van der Waals surface area contributed by atoms with E-state index in [0.29, 0.717) is 10.8 Å². The number of carbonyl (C=O) groups excluding carboxylic acids is 2. The van der Waals surface area contributed by atoms with Crippen LogP contribution in [0.3, 0.4) is 0 Å². The summed E-state index contributed by atoms with van der Waals surface area (Å²) in [5.41, 5.74) is 5.16. The van der Waals surface area contributed by atoms with Crippen molar-refractivity contribution < 1.29 is 9.59 Å². The molecule has 0 aliphatic heterocycles. The number of hydrogen-bond acceptors (Lipinski definition) is 4. The summed E-state index contributed by atoms with van der Waals surface area (Å²) in [7, 11) is 0. The molecular weight excluding hydrogens is 226 g/mol. The van der Waals surface area contributed by atoms with Crippen molar-refractivity contribution in [2.24, 2.45) is 11.1 Å². The van der Waals surface area contributed by atoms with Crippen molar-refractivity contribution in [3.63, 3.8) is 0 Å². The fourth-order valence-corrected chi connectivity index (χ4v) is 1.61. The molecule has 88 valence electrons. The monoisotopic (exact) mass is 241 g/mol. The average molecular weight is 241 g/mol. The van der Waals surface area contributed by atoms with Crippen LogP contribution < -0.4 is 11.1 Å². The Bertz CT molecular complexity index is 406. The van der Waals surface area contributed by atoms with Crippen LogP contribution in [0, 0.1) is 5.41 Å². The number of nitrogens with two attached hydrogens (primary N) is 1. The molecule has 2 amide bonds. The van der Waals surface area contributed by atoms with Gasteiger partial charge in [0, 0.05) is 10.8 Å². The second kappa shape index (κ2) is 4.61. The average Bonchev–Trinajstić information content (AvgIpc) is 2.49. The van der Waals surface area contributed by atoms with Crippen LogP contribution in [0.4, 0.5) is 5.13 Å². The summed E-state index contributed by atoms with van der Waals surface area (Å²) >= 11 is 1.29. The van der Waals surface area contributed by atoms with Crippen molar-refractivity contribution in [1.82, 2.24) is 4.98 Å². The van der Waals surface area contributed by atoms with Gasteiger partial charge in [0.25, 0.3) is 0 Å². The molecule has 0 saturated heterocycles. The molecule has 0 aromatic carbocycles. The van der Waals surface area contributed by atoms with Crippen LogP contribution in [0.1, 0.15) is 26.5 Å². The first-order valence-electron chi connectivity index (χ1n) is 4.83. The van der Waals surface area contributed by atoms with Gasteiger partial charge in [-0.2, -0.15) is 0 Å². The number of carbonyl (C=O) groups is 2. The second-order valence-corrected chi connectivity index (χ2v) is 5.35. The first-order valence-corrected chi connectivity index (χ1v) is 5.71. The molecule has 1 aromatic heterocycles. The Labute approximate surface area is 98.1 Å². The lowest BCUT2D eigenvalue weighted by atomic mass is 9.96. The Hall–Kier alpha value is -1.43. The summed E-state index contributed by atoms with van der Waals surface area (Å²) in [6.45, 7) is 5.46. The molecule has 0 fully saturated rings. The van der Waals surface area contributed by atoms with E-state index >= 15 is 0 Å². The predicted octanol–water partition coefficient (Wildman–Crippen LogP) is 1.16. The molecule has 0 spiro atoms. The molecule has 1 rings (SSSR count). The highest BCUT2D eigenvalue weighted by Crippen LogP contribution is 2.20. The van der Waals surface area contributed by atoms with E-state index in [9.17, 15) is 9.59 Å². The van der Waals surface area contributed by atoms with Crippen LogP contribution in [0.25, 0.3) is 0 Å². The smallest absolute Gasteiger partial charge is 0.231 e. The largest absolute Gasteiger partial charge is 0.369 e. The quantitative estimate of drug-likeness (QED) is 0.832. The molecule has 0 unspecified atom stereocenters. The number of hydrogen-bond donors (Lipinski definition) is 2. The van der Waals surface area contributed by atoms with Crippen molar-refractivity contribution in [3.8, 4) is 0 Å². The number of aromatic nitrogens is 1. The van der Waals surface area contributed by atoms with Gasteiger partial charge in [-0.25, -0.2) is 4.98 Å². The molecule has 0 aliphatic rings. The van der Waals surface area contributed by atoms with E-state index < -0.39 is 11.3 Å². The molecule has 0 saturated carbocycles. The SMILES string of the molecule is CC(C)(C)C(=O)Nc1nc(CC(N)=O)cs1. The van der Waals surface area contributed by atoms with Gasteiger partial charge in [0.05, 0.1) is 12.1 Å². The zero-order valence-corrected chi connectivity index (χ0v) is 10.4. The van der Waals surface area contributed by atoms with E-state index in [1.54, 1.807) is 5.38 Å². The van der Waals surface area contributed by atoms with Crippen LogP contribution in [-0.4, -0.2) is 16.8 Å². The number of anilines is 1. The number of nitrogens with zero attached hydrogens (tertiary/aromatic N) is 1. The highest BCUT2D eigenvalue weighted by molar-refractivity contribution is 7.13. The maximum Gasteiger partial charge on any atom is 0.231 e. The minimum Gasteiger partial charge on any atom is -0.369 e. The zero-order chi connectivity index (χ0) is 12.3. The van der Waals surface area contributed by atoms with Gasteiger partial charge in [0.1, 0.15) is 0 Å². The normalized spacial score (nSPS) is 11.2. The van der Waals surface area contributed by atoms with E-state index in [0.717, 1.165) is 0 Å². The number of nitrogens with one attached hydrogen (secondary N) is 1. The number of primary amides is 1. The van der Waals surface area contributed by atoms with E-state index in [4.69, 9.17) is 5.73 Å². The maximum absolute atomic E-state index is 11.6. The third kappa shape index (κ3) is 3.62. The van der Waals surface area contributed by atoms with Gasteiger partial charge in [0.2, 0.25) is 11.8 Å². The van der Waals surface area contributed by atoms with Crippen molar-refractivity contribution in [1.29, 1.82) is 0 Å². The third-order valence-corrected chi connectivity index (χ3v) is 2.62. The van der Waals surface area contributed by atoms with E-state index in [1.165, 1.54) is 11.3 Å². The summed E-state index contributed by atoms with van der Waals surface area (Å²) in [5.74, 6) is -0.536. The Morgan fingerprint density at radius 1 is 1.50 bits per heavy atom. The minimum absolute atomic E-state index is 0.0991. The first kappa shape index (κ1) is 12.6. The molecule has 3 N–H and O–H groups in total. The minimum atomic E-state index is -0.463. The van der Waals surface area contributed by atoms with Gasteiger partial charge in [-0.1, -0.05) is 20.8 Å². The summed E-state index contributed by atoms with van der Waals surface area (Å²) in [6, 6.07) is 0. The lowest BCUT2D eigenvalue weighted by Crippen LogP contribution is -2.27. The molecular formula is C10H15N3O2S. The van der Waals surface area contributed by atoms with Gasteiger partial charge >= 0.3 is 0 Å². The van der Waals surface area contributed by atoms with Crippen LogP contribution in [0.15, 0.2) is 5.38 Å². The fraction of sp³-hybridized carbons (Fsp3) is 0.500. The predicted molar refractivity (Wildman–Crippen MR) is 63.1 cm³/mol. The Kier molecular flexibility index (Phi) is 3.64. The van der Waals surface area contributed by atoms with Crippen LogP contribution in [0.5, 0.6) is 0 Å². The fourth-order valence-electron chi connectivity index (χ4n) is 0.909. The molecule has 1 aromatic rings. The van der Waals surface area contributed by atoms with Crippen molar-refractivity contribution in [2.45, 2.75) is 27.2 Å². The molecule has 0 bridgehead atoms. The second-order valence-electron chi connectivity index (χ2n) is 4.49. The maximum atomic E-state index is 11.6. The Morgan fingerprint density at radius 3 is 2.62 bits per heavy atom. The highest BCUT2D eigenvalue weighted by Gasteiger charge is 2.22. The Morgan fingerprint density at radius 2 is 2.12 bits per heavy atom. The van der Waals surface area contributed by atoms with Crippen LogP contribution in [-0.2, 0) is 16.0 Å². The van der Waals surface area contributed by atoms with Gasteiger partial charge < -0.3 is 11.1 Å². The van der Waals surface area contributed by atoms with Crippen LogP contribution >= 0.6 is 11.3 Å². The lowest BCUT2D eigenvalue weighted by Gasteiger charge is -2.15. The summed E-state index contributed by atoms with van der Waals surface area (Å²) in [4.78, 5) is 26.4. The molecule has 0 atom stereocenters. The molecule has 0 aliphatic carbocycles. The summed E-state index contributed by atoms with van der Waals surface area (Å²) in [5, 5.41) is 4.90. The van der Waals surface area contributed by atoms with Crippen LogP contribution in [0.2, 0.25) is 0 Å². The lowest BCUT2D eigenvalue weighted by molar-refractivity contribution is -0.123. The topological polar surface area (TPSA) is 85.1 Å². The van der Waals surface area contributed by atoms with E-state index in [-0.39, 0.29) is 12.3 Å². The molecule has 0 radical (unpaired) electrons. The number of rotatable bonds is 3. The van der Waals surface area contributed by atoms with Crippen molar-refractivity contribution in [3.05, 3.63) is 11.1 Å². The molecule has 1 heterocycles. The highest BCUT2D eigenvalue weighted by atomic mass is 32.1. The van der Waals surface area contributed by atoms with Gasteiger partial charge in [0.15, 0.2) is 5.13 Å². The van der Waals surface area contributed by atoms with Crippen molar-refractivity contribution >= 4 is 28.3 Å². The zero-order valence-electron chi connectivity index (χ0n) is 9.53. The standard InChI is InChI=1S/C10H15N3O2S/c1-10(2,3)8(15)13-9-12-6(5-16-9)4-7(11)14/h5H,4H2,1-3H3,(H2,11,14)(H,12,13,15). The Balaban J connectivity index is 2.66. The van der Waals surface area contributed by atoms with E-state index in [2.05, 4.69) is 10.3 Å². The third-order valence-electron chi connectivity index (χ3n) is 1.81.